The largest absolute Gasteiger partial charge is 0.380 e. The highest BCUT2D eigenvalue weighted by molar-refractivity contribution is 8.13. The Balaban J connectivity index is 3.15. The van der Waals surface area contributed by atoms with Crippen molar-refractivity contribution in [3.05, 3.63) is 29.3 Å². The first-order chi connectivity index (χ1) is 9.70. The molecule has 0 unspecified atom stereocenters. The first-order valence-electron chi connectivity index (χ1n) is 5.96. The number of carbonyl (C=O) groups is 1. The first-order valence-corrected chi connectivity index (χ1v) is 8.27. The maximum atomic E-state index is 14.0. The van der Waals surface area contributed by atoms with Crippen LogP contribution in [0.4, 0.5) is 8.78 Å². The van der Waals surface area contributed by atoms with Crippen molar-refractivity contribution in [1.29, 1.82) is 0 Å². The molecule has 1 aromatic rings. The van der Waals surface area contributed by atoms with Gasteiger partial charge >= 0.3 is 0 Å². The van der Waals surface area contributed by atoms with E-state index in [4.69, 9.17) is 15.4 Å². The molecule has 1 aromatic carbocycles. The molecule has 5 nitrogen and oxygen atoms in total. The van der Waals surface area contributed by atoms with Crippen molar-refractivity contribution in [2.45, 2.75) is 11.8 Å². The predicted octanol–water partition coefficient (Wildman–Crippen LogP) is 2.00. The van der Waals surface area contributed by atoms with Crippen LogP contribution in [0.15, 0.2) is 17.0 Å². The minimum atomic E-state index is -4.42. The molecular formula is C12H14ClF2NO4S. The lowest BCUT2D eigenvalue weighted by Gasteiger charge is -2.18. The maximum Gasteiger partial charge on any atom is 0.264 e. The van der Waals surface area contributed by atoms with Crippen molar-refractivity contribution in [3.8, 4) is 0 Å². The molecule has 0 atom stereocenters. The van der Waals surface area contributed by atoms with Gasteiger partial charge in [0.2, 0.25) is 0 Å². The molecule has 0 heterocycles. The van der Waals surface area contributed by atoms with Gasteiger partial charge in [0.25, 0.3) is 15.0 Å². The number of hydrogen-bond acceptors (Lipinski definition) is 4. The summed E-state index contributed by atoms with van der Waals surface area (Å²) in [5.41, 5.74) is -0.962. The Labute approximate surface area is 125 Å². The molecule has 118 valence electrons. The second-order valence-corrected chi connectivity index (χ2v) is 6.63. The lowest BCUT2D eigenvalue weighted by atomic mass is 10.1. The van der Waals surface area contributed by atoms with Gasteiger partial charge in [0.05, 0.1) is 6.61 Å². The zero-order chi connectivity index (χ0) is 16.2. The number of ether oxygens (including phenoxy) is 1. The van der Waals surface area contributed by atoms with E-state index in [9.17, 15) is 22.0 Å². The van der Waals surface area contributed by atoms with Crippen LogP contribution in [0.3, 0.4) is 0 Å². The van der Waals surface area contributed by atoms with E-state index in [2.05, 4.69) is 0 Å². The van der Waals surface area contributed by atoms with Crippen LogP contribution in [-0.4, -0.2) is 46.0 Å². The molecule has 1 rings (SSSR count). The molecule has 0 spiro atoms. The number of nitrogens with zero attached hydrogens (tertiary/aromatic N) is 1. The minimum absolute atomic E-state index is 0.101. The van der Waals surface area contributed by atoms with E-state index >= 15 is 0 Å². The van der Waals surface area contributed by atoms with Gasteiger partial charge in [0, 0.05) is 30.9 Å². The minimum Gasteiger partial charge on any atom is -0.380 e. The number of likely N-dealkylation sites (N-methyl/N-ethyl adjacent to an activating group) is 1. The Morgan fingerprint density at radius 1 is 1.38 bits per heavy atom. The third-order valence-corrected chi connectivity index (χ3v) is 3.99. The van der Waals surface area contributed by atoms with E-state index in [1.165, 1.54) is 7.05 Å². The zero-order valence-corrected chi connectivity index (χ0v) is 13.0. The molecule has 0 radical (unpaired) electrons. The lowest BCUT2D eigenvalue weighted by molar-refractivity contribution is 0.0700. The summed E-state index contributed by atoms with van der Waals surface area (Å²) in [4.78, 5) is 12.1. The number of benzene rings is 1. The summed E-state index contributed by atoms with van der Waals surface area (Å²) in [6.45, 7) is 2.49. The van der Waals surface area contributed by atoms with Gasteiger partial charge < -0.3 is 9.64 Å². The number of halogens is 3. The fourth-order valence-electron chi connectivity index (χ4n) is 1.56. The second-order valence-electron chi connectivity index (χ2n) is 4.10. The van der Waals surface area contributed by atoms with Gasteiger partial charge in [0.1, 0.15) is 16.3 Å². The van der Waals surface area contributed by atoms with Crippen LogP contribution >= 0.6 is 10.7 Å². The number of carbonyl (C=O) groups excluding carboxylic acids is 1. The van der Waals surface area contributed by atoms with Gasteiger partial charge in [-0.3, -0.25) is 4.79 Å². The molecule has 0 aromatic heterocycles. The molecule has 0 saturated carbocycles. The molecule has 0 aliphatic heterocycles. The number of rotatable bonds is 6. The van der Waals surface area contributed by atoms with Crippen LogP contribution in [0.2, 0.25) is 0 Å². The fraction of sp³-hybridized carbons (Fsp3) is 0.417. The van der Waals surface area contributed by atoms with Gasteiger partial charge in [-0.25, -0.2) is 17.2 Å². The molecule has 0 N–H and O–H groups in total. The van der Waals surface area contributed by atoms with Crippen molar-refractivity contribution in [2.24, 2.45) is 0 Å². The van der Waals surface area contributed by atoms with Crippen LogP contribution in [0.5, 0.6) is 0 Å². The van der Waals surface area contributed by atoms with Crippen molar-refractivity contribution in [2.75, 3.05) is 26.8 Å². The van der Waals surface area contributed by atoms with Crippen LogP contribution < -0.4 is 0 Å². The van der Waals surface area contributed by atoms with Crippen LogP contribution in [0, 0.1) is 11.6 Å². The lowest BCUT2D eigenvalue weighted by Crippen LogP contribution is -2.32. The Bertz CT molecular complexity index is 636. The quantitative estimate of drug-likeness (QED) is 0.586. The fourth-order valence-corrected chi connectivity index (χ4v) is 2.46. The van der Waals surface area contributed by atoms with Gasteiger partial charge in [-0.15, -0.1) is 0 Å². The zero-order valence-electron chi connectivity index (χ0n) is 11.4. The highest BCUT2D eigenvalue weighted by Gasteiger charge is 2.27. The average molecular weight is 342 g/mol. The predicted molar refractivity (Wildman–Crippen MR) is 72.9 cm³/mol. The van der Waals surface area contributed by atoms with Crippen LogP contribution in [0.1, 0.15) is 17.3 Å². The summed E-state index contributed by atoms with van der Waals surface area (Å²) in [5.74, 6) is -3.66. The van der Waals surface area contributed by atoms with Crippen molar-refractivity contribution in [3.63, 3.8) is 0 Å². The molecule has 21 heavy (non-hydrogen) atoms. The topological polar surface area (TPSA) is 63.7 Å². The average Bonchev–Trinajstić information content (AvgIpc) is 2.37. The highest BCUT2D eigenvalue weighted by atomic mass is 35.7. The van der Waals surface area contributed by atoms with E-state index in [1.807, 2.05) is 0 Å². The van der Waals surface area contributed by atoms with Crippen LogP contribution in [-0.2, 0) is 13.8 Å². The Hall–Kier alpha value is -1.25. The summed E-state index contributed by atoms with van der Waals surface area (Å²) >= 11 is 0. The second kappa shape index (κ2) is 7.15. The van der Waals surface area contributed by atoms with Gasteiger partial charge in [0.15, 0.2) is 5.82 Å². The molecule has 0 bridgehead atoms. The number of amides is 1. The van der Waals surface area contributed by atoms with Crippen molar-refractivity contribution < 1.29 is 26.7 Å². The molecule has 1 amide bonds. The van der Waals surface area contributed by atoms with E-state index in [-0.39, 0.29) is 13.2 Å². The molecule has 9 heteroatoms. The molecule has 0 fully saturated rings. The van der Waals surface area contributed by atoms with E-state index in [0.29, 0.717) is 18.7 Å². The first kappa shape index (κ1) is 17.8. The van der Waals surface area contributed by atoms with Crippen molar-refractivity contribution >= 4 is 25.6 Å². The van der Waals surface area contributed by atoms with E-state index < -0.39 is 37.1 Å². The smallest absolute Gasteiger partial charge is 0.264 e. The van der Waals surface area contributed by atoms with Crippen LogP contribution in [0.25, 0.3) is 0 Å². The van der Waals surface area contributed by atoms with Crippen molar-refractivity contribution in [1.82, 2.24) is 4.90 Å². The Kier molecular flexibility index (Phi) is 6.06. The van der Waals surface area contributed by atoms with E-state index in [0.717, 1.165) is 4.90 Å². The van der Waals surface area contributed by atoms with E-state index in [1.54, 1.807) is 6.92 Å². The summed E-state index contributed by atoms with van der Waals surface area (Å²) in [7, 11) is 1.94. The summed E-state index contributed by atoms with van der Waals surface area (Å²) in [6.07, 6.45) is 0. The molecule has 0 aliphatic rings. The summed E-state index contributed by atoms with van der Waals surface area (Å²) in [6, 6.07) is 1.35. The highest BCUT2D eigenvalue weighted by Crippen LogP contribution is 2.24. The summed E-state index contributed by atoms with van der Waals surface area (Å²) in [5, 5.41) is 0. The Morgan fingerprint density at radius 3 is 2.52 bits per heavy atom. The van der Waals surface area contributed by atoms with Gasteiger partial charge in [-0.1, -0.05) is 0 Å². The van der Waals surface area contributed by atoms with Gasteiger partial charge in [-0.2, -0.15) is 0 Å². The third-order valence-electron chi connectivity index (χ3n) is 2.65. The van der Waals surface area contributed by atoms with Gasteiger partial charge in [-0.05, 0) is 19.1 Å². The maximum absolute atomic E-state index is 14.0. The normalized spacial score (nSPS) is 11.5. The monoisotopic (exact) mass is 341 g/mol. The Morgan fingerprint density at radius 2 is 2.00 bits per heavy atom. The number of hydrogen-bond donors (Lipinski definition) is 0. The third kappa shape index (κ3) is 4.36. The summed E-state index contributed by atoms with van der Waals surface area (Å²) < 4.78 is 55.1. The standard InChI is InChI=1S/C12H14ClF2NO4S/c1-3-20-7-6-16(2)12(17)10-8(14)4-5-9(11(10)15)21(13,18)19/h4-5H,3,6-7H2,1-2H3. The SMILES string of the molecule is CCOCCN(C)C(=O)c1c(F)ccc(S(=O)(=O)Cl)c1F. The molecule has 0 aliphatic carbocycles. The molecule has 0 saturated heterocycles. The molecular weight excluding hydrogens is 328 g/mol.